The Labute approximate surface area is 163 Å². The summed E-state index contributed by atoms with van der Waals surface area (Å²) >= 11 is 0. The molecule has 2 aromatic carbocycles. The third-order valence-electron chi connectivity index (χ3n) is 4.76. The summed E-state index contributed by atoms with van der Waals surface area (Å²) < 4.78 is 20.6. The maximum Gasteiger partial charge on any atom is 0.255 e. The molecule has 4 rings (SSSR count). The molecule has 6 nitrogen and oxygen atoms in total. The number of carbonyl (C=O) groups is 1. The maximum absolute atomic E-state index is 12.6. The zero-order chi connectivity index (χ0) is 19.7. The highest BCUT2D eigenvalue weighted by Gasteiger charge is 2.33. The second-order valence-corrected chi connectivity index (χ2v) is 9.16. The van der Waals surface area contributed by atoms with Gasteiger partial charge in [-0.3, -0.25) is 9.78 Å². The number of rotatable bonds is 5. The van der Waals surface area contributed by atoms with Gasteiger partial charge in [0.15, 0.2) is 0 Å². The van der Waals surface area contributed by atoms with Gasteiger partial charge >= 0.3 is 0 Å². The van der Waals surface area contributed by atoms with Crippen LogP contribution in [0.4, 0.5) is 11.4 Å². The Hall–Kier alpha value is -3.19. The van der Waals surface area contributed by atoms with E-state index in [0.717, 1.165) is 24.0 Å². The van der Waals surface area contributed by atoms with E-state index in [1.807, 2.05) is 24.3 Å². The highest BCUT2D eigenvalue weighted by Crippen LogP contribution is 2.34. The molecule has 4 N–H and O–H groups in total. The summed E-state index contributed by atoms with van der Waals surface area (Å²) in [7, 11) is -2.77. The number of carbonyl (C=O) groups excluding carboxylic acids is 1. The number of hydrogen-bond acceptors (Lipinski definition) is 5. The predicted molar refractivity (Wildman–Crippen MR) is 111 cm³/mol. The molecule has 0 bridgehead atoms. The fourth-order valence-electron chi connectivity index (χ4n) is 2.97. The first-order valence-electron chi connectivity index (χ1n) is 8.94. The molecular formula is C21H20N4O2S. The number of pyridine rings is 1. The Morgan fingerprint density at radius 1 is 1.11 bits per heavy atom. The lowest BCUT2D eigenvalue weighted by atomic mass is 10.1. The average Bonchev–Trinajstić information content (AvgIpc) is 3.56. The van der Waals surface area contributed by atoms with Crippen LogP contribution >= 0.6 is 0 Å². The van der Waals surface area contributed by atoms with Crippen molar-refractivity contribution in [2.24, 2.45) is 0 Å². The van der Waals surface area contributed by atoms with Crippen LogP contribution in [-0.2, 0) is 9.73 Å². The van der Waals surface area contributed by atoms with Crippen LogP contribution in [0.2, 0.25) is 0 Å². The lowest BCUT2D eigenvalue weighted by Crippen LogP contribution is -2.14. The molecule has 28 heavy (non-hydrogen) atoms. The van der Waals surface area contributed by atoms with Gasteiger partial charge in [-0.2, -0.15) is 0 Å². The zero-order valence-corrected chi connectivity index (χ0v) is 15.9. The molecule has 1 aliphatic carbocycles. The first-order chi connectivity index (χ1) is 13.4. The van der Waals surface area contributed by atoms with E-state index >= 15 is 0 Å². The Bertz CT molecular complexity index is 1120. The number of benzene rings is 2. The van der Waals surface area contributed by atoms with Crippen LogP contribution in [0.25, 0.3) is 11.1 Å². The Kier molecular flexibility index (Phi) is 4.60. The summed E-state index contributed by atoms with van der Waals surface area (Å²) in [6, 6.07) is 15.6. The van der Waals surface area contributed by atoms with E-state index in [2.05, 4.69) is 10.3 Å². The second-order valence-electron chi connectivity index (χ2n) is 6.82. The number of nitrogens with one attached hydrogen (secondary N) is 2. The number of aromatic nitrogens is 1. The number of nitrogens with two attached hydrogens (primary N) is 1. The van der Waals surface area contributed by atoms with Gasteiger partial charge in [-0.15, -0.1) is 0 Å². The van der Waals surface area contributed by atoms with Crippen molar-refractivity contribution in [2.45, 2.75) is 23.0 Å². The van der Waals surface area contributed by atoms with Crippen LogP contribution in [0.5, 0.6) is 0 Å². The van der Waals surface area contributed by atoms with Crippen molar-refractivity contribution in [3.8, 4) is 11.1 Å². The maximum atomic E-state index is 12.6. The second kappa shape index (κ2) is 7.09. The number of hydrogen-bond donors (Lipinski definition) is 3. The van der Waals surface area contributed by atoms with Crippen molar-refractivity contribution in [1.29, 1.82) is 4.78 Å². The normalized spacial score (nSPS) is 15.6. The molecule has 1 fully saturated rings. The molecule has 1 unspecified atom stereocenters. The zero-order valence-electron chi connectivity index (χ0n) is 15.1. The van der Waals surface area contributed by atoms with E-state index < -0.39 is 9.73 Å². The van der Waals surface area contributed by atoms with Crippen molar-refractivity contribution < 1.29 is 9.00 Å². The van der Waals surface area contributed by atoms with Gasteiger partial charge in [0.05, 0.1) is 21.1 Å². The van der Waals surface area contributed by atoms with Gasteiger partial charge in [0.1, 0.15) is 0 Å². The van der Waals surface area contributed by atoms with Crippen LogP contribution in [0.15, 0.2) is 71.9 Å². The van der Waals surface area contributed by atoms with E-state index in [0.29, 0.717) is 21.8 Å². The Morgan fingerprint density at radius 2 is 1.86 bits per heavy atom. The number of anilines is 2. The molecule has 0 spiro atoms. The molecule has 1 saturated carbocycles. The number of nitrogen functional groups attached to an aromatic ring is 1. The van der Waals surface area contributed by atoms with Gasteiger partial charge < -0.3 is 11.1 Å². The largest absolute Gasteiger partial charge is 0.397 e. The molecule has 0 radical (unpaired) electrons. The van der Waals surface area contributed by atoms with Crippen molar-refractivity contribution in [1.82, 2.24) is 4.98 Å². The lowest BCUT2D eigenvalue weighted by molar-refractivity contribution is 0.102. The molecule has 0 saturated heterocycles. The van der Waals surface area contributed by atoms with Gasteiger partial charge in [-0.25, -0.2) is 8.99 Å². The third kappa shape index (κ3) is 3.61. The van der Waals surface area contributed by atoms with E-state index in [9.17, 15) is 9.00 Å². The molecule has 142 valence electrons. The summed E-state index contributed by atoms with van der Waals surface area (Å²) in [5, 5.41) is 2.77. The van der Waals surface area contributed by atoms with Crippen LogP contribution in [0.3, 0.4) is 0 Å². The number of nitrogens with zero attached hydrogens (tertiary/aromatic N) is 1. The molecular weight excluding hydrogens is 372 g/mol. The lowest BCUT2D eigenvalue weighted by Gasteiger charge is -2.11. The molecule has 3 aromatic rings. The summed E-state index contributed by atoms with van der Waals surface area (Å²) in [4.78, 5) is 17.2. The first-order valence-corrected chi connectivity index (χ1v) is 10.6. The topological polar surface area (TPSA) is 109 Å². The standard InChI is InChI=1S/C21H20N4O2S/c22-19-10-5-15(16-2-1-11-24-13-16)12-20(19)25-21(26)14-3-6-17(7-4-14)28(23,27)18-8-9-18/h1-7,10-13,18,23H,8-9,22H2,(H,25,26). The van der Waals surface area contributed by atoms with E-state index in [1.54, 1.807) is 42.7 Å². The molecule has 1 aromatic heterocycles. The van der Waals surface area contributed by atoms with Crippen LogP contribution in [-0.4, -0.2) is 20.3 Å². The summed E-state index contributed by atoms with van der Waals surface area (Å²) in [6.07, 6.45) is 5.11. The highest BCUT2D eigenvalue weighted by molar-refractivity contribution is 7.93. The SMILES string of the molecule is N=S(=O)(c1ccc(C(=O)Nc2cc(-c3cccnc3)ccc2N)cc1)C1CC1. The van der Waals surface area contributed by atoms with Gasteiger partial charge in [0, 0.05) is 33.7 Å². The molecule has 1 atom stereocenters. The van der Waals surface area contributed by atoms with Gasteiger partial charge in [0.25, 0.3) is 5.91 Å². The minimum atomic E-state index is -2.77. The van der Waals surface area contributed by atoms with Crippen molar-refractivity contribution in [2.75, 3.05) is 11.1 Å². The smallest absolute Gasteiger partial charge is 0.255 e. The fourth-order valence-corrected chi connectivity index (χ4v) is 4.70. The van der Waals surface area contributed by atoms with Crippen molar-refractivity contribution >= 4 is 27.0 Å². The monoisotopic (exact) mass is 392 g/mol. The quantitative estimate of drug-likeness (QED) is 0.567. The number of amides is 1. The van der Waals surface area contributed by atoms with Crippen LogP contribution in [0.1, 0.15) is 23.2 Å². The Morgan fingerprint density at radius 3 is 2.50 bits per heavy atom. The fraction of sp³-hybridized carbons (Fsp3) is 0.143. The summed E-state index contributed by atoms with van der Waals surface area (Å²) in [5.74, 6) is -0.315. The van der Waals surface area contributed by atoms with E-state index in [-0.39, 0.29) is 11.2 Å². The van der Waals surface area contributed by atoms with Gasteiger partial charge in [-0.1, -0.05) is 12.1 Å². The summed E-state index contributed by atoms with van der Waals surface area (Å²) in [5.41, 5.74) is 9.23. The molecule has 0 aliphatic heterocycles. The minimum absolute atomic E-state index is 0.0535. The highest BCUT2D eigenvalue weighted by atomic mass is 32.2. The van der Waals surface area contributed by atoms with Gasteiger partial charge in [-0.05, 0) is 60.9 Å². The van der Waals surface area contributed by atoms with E-state index in [1.165, 1.54) is 0 Å². The van der Waals surface area contributed by atoms with Crippen molar-refractivity contribution in [3.05, 3.63) is 72.6 Å². The predicted octanol–water partition coefficient (Wildman–Crippen LogP) is 4.15. The third-order valence-corrected chi connectivity index (χ3v) is 7.14. The molecule has 1 aliphatic rings. The van der Waals surface area contributed by atoms with Crippen molar-refractivity contribution in [3.63, 3.8) is 0 Å². The Balaban J connectivity index is 1.55. The average molecular weight is 392 g/mol. The van der Waals surface area contributed by atoms with Gasteiger partial charge in [0.2, 0.25) is 0 Å². The summed E-state index contributed by atoms with van der Waals surface area (Å²) in [6.45, 7) is 0. The first kappa shape index (κ1) is 18.2. The van der Waals surface area contributed by atoms with Crippen LogP contribution in [0, 0.1) is 4.78 Å². The molecule has 1 heterocycles. The molecule has 7 heteroatoms. The van der Waals surface area contributed by atoms with E-state index in [4.69, 9.17) is 10.5 Å². The molecule has 1 amide bonds. The van der Waals surface area contributed by atoms with Crippen LogP contribution < -0.4 is 11.1 Å². The minimum Gasteiger partial charge on any atom is -0.397 e.